The van der Waals surface area contributed by atoms with Gasteiger partial charge in [-0.15, -0.1) is 0 Å². The first-order valence-electron chi connectivity index (χ1n) is 7.01. The van der Waals surface area contributed by atoms with Crippen LogP contribution in [0.2, 0.25) is 5.02 Å². The van der Waals surface area contributed by atoms with Crippen molar-refractivity contribution in [1.29, 1.82) is 0 Å². The third-order valence-corrected chi connectivity index (χ3v) is 4.51. The van der Waals surface area contributed by atoms with E-state index in [1.165, 1.54) is 16.8 Å². The van der Waals surface area contributed by atoms with Crippen molar-refractivity contribution in [2.24, 2.45) is 5.73 Å². The molecule has 2 nitrogen and oxygen atoms in total. The zero-order valence-electron chi connectivity index (χ0n) is 11.6. The average Bonchev–Trinajstić information content (AvgIpc) is 2.88. The first-order valence-corrected chi connectivity index (χ1v) is 7.39. The molecule has 0 aromatic heterocycles. The molecule has 0 aliphatic carbocycles. The number of benzene rings is 2. The lowest BCUT2D eigenvalue weighted by Crippen LogP contribution is -2.32. The Labute approximate surface area is 125 Å². The molecule has 0 radical (unpaired) electrons. The summed E-state index contributed by atoms with van der Waals surface area (Å²) < 4.78 is 0. The second-order valence-electron chi connectivity index (χ2n) is 5.33. The summed E-state index contributed by atoms with van der Waals surface area (Å²) in [5, 5.41) is 0.813. The highest BCUT2D eigenvalue weighted by atomic mass is 35.5. The molecule has 1 aliphatic heterocycles. The largest absolute Gasteiger partial charge is 0.363 e. The van der Waals surface area contributed by atoms with E-state index in [-0.39, 0.29) is 6.04 Å². The molecule has 0 amide bonds. The average molecular weight is 287 g/mol. The van der Waals surface area contributed by atoms with Gasteiger partial charge in [0.15, 0.2) is 0 Å². The molecule has 2 aromatic rings. The van der Waals surface area contributed by atoms with Crippen LogP contribution in [0.1, 0.15) is 22.7 Å². The summed E-state index contributed by atoms with van der Waals surface area (Å²) in [6, 6.07) is 15.0. The fraction of sp³-hybridized carbons (Fsp3) is 0.294. The van der Waals surface area contributed by atoms with Gasteiger partial charge in [-0.25, -0.2) is 0 Å². The van der Waals surface area contributed by atoms with E-state index in [1.807, 2.05) is 6.92 Å². The van der Waals surface area contributed by atoms with Gasteiger partial charge in [0.2, 0.25) is 0 Å². The van der Waals surface area contributed by atoms with Crippen LogP contribution in [-0.4, -0.2) is 13.1 Å². The second kappa shape index (κ2) is 5.47. The highest BCUT2D eigenvalue weighted by Crippen LogP contribution is 2.35. The van der Waals surface area contributed by atoms with Crippen LogP contribution in [0.3, 0.4) is 0 Å². The van der Waals surface area contributed by atoms with Crippen molar-refractivity contribution in [3.8, 4) is 0 Å². The Kier molecular flexibility index (Phi) is 3.68. The summed E-state index contributed by atoms with van der Waals surface area (Å²) in [5.41, 5.74) is 11.1. The first kappa shape index (κ1) is 13.5. The van der Waals surface area contributed by atoms with Gasteiger partial charge in [0.05, 0.1) is 6.04 Å². The van der Waals surface area contributed by atoms with Crippen LogP contribution >= 0.6 is 11.6 Å². The molecule has 1 unspecified atom stereocenters. The van der Waals surface area contributed by atoms with E-state index in [0.717, 1.165) is 23.6 Å². The van der Waals surface area contributed by atoms with E-state index in [1.54, 1.807) is 0 Å². The van der Waals surface area contributed by atoms with Gasteiger partial charge in [0, 0.05) is 23.8 Å². The SMILES string of the molecule is Cc1ccc(C(CN)N2CCc3ccccc32)cc1Cl. The fourth-order valence-electron chi connectivity index (χ4n) is 2.95. The first-order chi connectivity index (χ1) is 9.70. The highest BCUT2D eigenvalue weighted by molar-refractivity contribution is 6.31. The molecule has 104 valence electrons. The predicted octanol–water partition coefficient (Wildman–Crippen LogP) is 3.71. The Morgan fingerprint density at radius 2 is 2.05 bits per heavy atom. The molecule has 1 aliphatic rings. The van der Waals surface area contributed by atoms with Crippen LogP contribution in [0.15, 0.2) is 42.5 Å². The van der Waals surface area contributed by atoms with Crippen molar-refractivity contribution in [2.75, 3.05) is 18.0 Å². The van der Waals surface area contributed by atoms with Gasteiger partial charge >= 0.3 is 0 Å². The molecule has 0 saturated heterocycles. The lowest BCUT2D eigenvalue weighted by Gasteiger charge is -2.30. The monoisotopic (exact) mass is 286 g/mol. The van der Waals surface area contributed by atoms with E-state index in [4.69, 9.17) is 17.3 Å². The van der Waals surface area contributed by atoms with Gasteiger partial charge in [-0.3, -0.25) is 0 Å². The zero-order valence-corrected chi connectivity index (χ0v) is 12.4. The van der Waals surface area contributed by atoms with Crippen LogP contribution < -0.4 is 10.6 Å². The number of fused-ring (bicyclic) bond motifs is 1. The van der Waals surface area contributed by atoms with Crippen LogP contribution in [0.4, 0.5) is 5.69 Å². The lowest BCUT2D eigenvalue weighted by atomic mass is 10.0. The summed E-state index contributed by atoms with van der Waals surface area (Å²) in [7, 11) is 0. The molecule has 3 rings (SSSR count). The van der Waals surface area contributed by atoms with Crippen molar-refractivity contribution in [1.82, 2.24) is 0 Å². The zero-order chi connectivity index (χ0) is 14.1. The molecule has 2 N–H and O–H groups in total. The normalized spacial score (nSPS) is 15.2. The minimum Gasteiger partial charge on any atom is -0.363 e. The van der Waals surface area contributed by atoms with Crippen molar-refractivity contribution >= 4 is 17.3 Å². The quantitative estimate of drug-likeness (QED) is 0.932. The molecule has 2 aromatic carbocycles. The Morgan fingerprint density at radius 3 is 2.80 bits per heavy atom. The molecule has 0 bridgehead atoms. The number of halogens is 1. The number of hydrogen-bond donors (Lipinski definition) is 1. The third-order valence-electron chi connectivity index (χ3n) is 4.10. The molecule has 20 heavy (non-hydrogen) atoms. The number of aryl methyl sites for hydroxylation is 1. The summed E-state index contributed by atoms with van der Waals surface area (Å²) in [6.45, 7) is 3.63. The number of hydrogen-bond acceptors (Lipinski definition) is 2. The maximum atomic E-state index is 6.26. The number of para-hydroxylation sites is 1. The molecule has 3 heteroatoms. The lowest BCUT2D eigenvalue weighted by molar-refractivity contribution is 0.649. The number of nitrogens with zero attached hydrogens (tertiary/aromatic N) is 1. The minimum atomic E-state index is 0.191. The fourth-order valence-corrected chi connectivity index (χ4v) is 3.14. The van der Waals surface area contributed by atoms with E-state index in [2.05, 4.69) is 47.4 Å². The number of rotatable bonds is 3. The van der Waals surface area contributed by atoms with Gasteiger partial charge in [0.25, 0.3) is 0 Å². The van der Waals surface area contributed by atoms with Crippen molar-refractivity contribution in [2.45, 2.75) is 19.4 Å². The van der Waals surface area contributed by atoms with Crippen LogP contribution in [0.5, 0.6) is 0 Å². The number of anilines is 1. The minimum absolute atomic E-state index is 0.191. The standard InChI is InChI=1S/C17H19ClN2/c1-12-6-7-14(10-15(12)18)17(11-19)20-9-8-13-4-2-3-5-16(13)20/h2-7,10,17H,8-9,11,19H2,1H3. The molecule has 0 fully saturated rings. The summed E-state index contributed by atoms with van der Waals surface area (Å²) >= 11 is 6.26. The van der Waals surface area contributed by atoms with Gasteiger partial charge in [-0.05, 0) is 42.2 Å². The molecule has 0 spiro atoms. The maximum Gasteiger partial charge on any atom is 0.0665 e. The second-order valence-corrected chi connectivity index (χ2v) is 5.74. The van der Waals surface area contributed by atoms with Crippen molar-refractivity contribution < 1.29 is 0 Å². The number of nitrogens with two attached hydrogens (primary N) is 1. The van der Waals surface area contributed by atoms with E-state index >= 15 is 0 Å². The van der Waals surface area contributed by atoms with E-state index < -0.39 is 0 Å². The van der Waals surface area contributed by atoms with E-state index in [9.17, 15) is 0 Å². The molecule has 1 heterocycles. The molecular weight excluding hydrogens is 268 g/mol. The summed E-state index contributed by atoms with van der Waals surface area (Å²) in [5.74, 6) is 0. The third kappa shape index (κ3) is 2.30. The van der Waals surface area contributed by atoms with Gasteiger partial charge in [-0.1, -0.05) is 41.9 Å². The van der Waals surface area contributed by atoms with Gasteiger partial charge < -0.3 is 10.6 Å². The maximum absolute atomic E-state index is 6.26. The highest BCUT2D eigenvalue weighted by Gasteiger charge is 2.26. The predicted molar refractivity (Wildman–Crippen MR) is 85.5 cm³/mol. The molecule has 0 saturated carbocycles. The Bertz CT molecular complexity index is 624. The van der Waals surface area contributed by atoms with Crippen molar-refractivity contribution in [3.05, 3.63) is 64.2 Å². The Hall–Kier alpha value is -1.51. The Balaban J connectivity index is 1.97. The summed E-state index contributed by atoms with van der Waals surface area (Å²) in [4.78, 5) is 2.40. The molecular formula is C17H19ClN2. The Morgan fingerprint density at radius 1 is 1.25 bits per heavy atom. The topological polar surface area (TPSA) is 29.3 Å². The summed E-state index contributed by atoms with van der Waals surface area (Å²) in [6.07, 6.45) is 1.09. The van der Waals surface area contributed by atoms with E-state index in [0.29, 0.717) is 6.54 Å². The smallest absolute Gasteiger partial charge is 0.0665 e. The van der Waals surface area contributed by atoms with Crippen LogP contribution in [-0.2, 0) is 6.42 Å². The van der Waals surface area contributed by atoms with Crippen LogP contribution in [0, 0.1) is 6.92 Å². The van der Waals surface area contributed by atoms with Crippen molar-refractivity contribution in [3.63, 3.8) is 0 Å². The molecule has 1 atom stereocenters. The van der Waals surface area contributed by atoms with Gasteiger partial charge in [0.1, 0.15) is 0 Å². The van der Waals surface area contributed by atoms with Gasteiger partial charge in [-0.2, -0.15) is 0 Å². The van der Waals surface area contributed by atoms with Crippen LogP contribution in [0.25, 0.3) is 0 Å².